The molecule has 0 radical (unpaired) electrons. The summed E-state index contributed by atoms with van der Waals surface area (Å²) in [7, 11) is 0. The van der Waals surface area contributed by atoms with Gasteiger partial charge in [-0.3, -0.25) is 4.98 Å². The van der Waals surface area contributed by atoms with Crippen LogP contribution in [0, 0.1) is 12.1 Å². The van der Waals surface area contributed by atoms with Crippen molar-refractivity contribution in [2.45, 2.75) is 0 Å². The molecule has 11 aromatic rings. The number of hydrogen-bond acceptors (Lipinski definition) is 3. The topological polar surface area (TPSA) is 49.3 Å². The number of rotatable bonds is 4. The zero-order valence-electron chi connectivity index (χ0n) is 26.9. The summed E-state index contributed by atoms with van der Waals surface area (Å²) in [4.78, 5) is 9.60. The average molecular weight is 746 g/mol. The smallest absolute Gasteiger partial charge is 0.503 e. The van der Waals surface area contributed by atoms with Crippen LogP contribution in [0.4, 0.5) is 0 Å². The summed E-state index contributed by atoms with van der Waals surface area (Å²) in [6, 6.07) is 53.3. The van der Waals surface area contributed by atoms with Crippen LogP contribution in [-0.4, -0.2) is 23.5 Å². The summed E-state index contributed by atoms with van der Waals surface area (Å²) in [5.74, 6) is 1.18. The summed E-state index contributed by atoms with van der Waals surface area (Å²) < 4.78 is 13.2. The zero-order chi connectivity index (χ0) is 32.8. The zero-order valence-corrected chi connectivity index (χ0v) is 28.4. The molecule has 7 heteroatoms. The van der Waals surface area contributed by atoms with Gasteiger partial charge < -0.3 is 18.3 Å². The monoisotopic (exact) mass is 745 g/mol. The SMILES string of the molecule is [Pd+2].[c-]1c(Oc2[c-]c3c(cc2)c2ccccc2n2ccnc32)cccc1-n1c2ccc3c4ccccc4n(-c4ccccc4)c3c2c2cccnc21. The van der Waals surface area contributed by atoms with Crippen molar-refractivity contribution in [1.29, 1.82) is 0 Å². The predicted octanol–water partition coefficient (Wildman–Crippen LogP) is 10.6. The maximum absolute atomic E-state index is 6.49. The van der Waals surface area contributed by atoms with E-state index >= 15 is 0 Å². The number of para-hydroxylation sites is 3. The van der Waals surface area contributed by atoms with E-state index in [1.54, 1.807) is 0 Å². The maximum Gasteiger partial charge on any atom is 2.00 e. The molecule has 11 rings (SSSR count). The molecule has 0 aliphatic rings. The van der Waals surface area contributed by atoms with Crippen molar-refractivity contribution >= 4 is 71.1 Å². The molecule has 5 heterocycles. The van der Waals surface area contributed by atoms with Crippen molar-refractivity contribution in [2.24, 2.45) is 0 Å². The molecule has 51 heavy (non-hydrogen) atoms. The van der Waals surface area contributed by atoms with Gasteiger partial charge in [0.2, 0.25) is 0 Å². The first-order valence-corrected chi connectivity index (χ1v) is 16.6. The van der Waals surface area contributed by atoms with E-state index in [1.807, 2.05) is 42.9 Å². The van der Waals surface area contributed by atoms with E-state index in [0.717, 1.165) is 66.2 Å². The molecule has 0 amide bonds. The van der Waals surface area contributed by atoms with Crippen molar-refractivity contribution < 1.29 is 25.2 Å². The van der Waals surface area contributed by atoms with Gasteiger partial charge >= 0.3 is 20.4 Å². The predicted molar refractivity (Wildman–Crippen MR) is 201 cm³/mol. The molecule has 6 aromatic carbocycles. The van der Waals surface area contributed by atoms with E-state index in [4.69, 9.17) is 9.72 Å². The largest absolute Gasteiger partial charge is 2.00 e. The van der Waals surface area contributed by atoms with Crippen molar-refractivity contribution in [3.8, 4) is 22.9 Å². The third-order valence-electron chi connectivity index (χ3n) is 9.79. The van der Waals surface area contributed by atoms with Crippen molar-refractivity contribution in [2.75, 3.05) is 0 Å². The van der Waals surface area contributed by atoms with E-state index in [2.05, 4.69) is 140 Å². The van der Waals surface area contributed by atoms with E-state index in [9.17, 15) is 0 Å². The Morgan fingerprint density at radius 3 is 2.10 bits per heavy atom. The van der Waals surface area contributed by atoms with Crippen LogP contribution in [-0.2, 0) is 20.4 Å². The van der Waals surface area contributed by atoms with Crippen LogP contribution in [0.15, 0.2) is 152 Å². The van der Waals surface area contributed by atoms with Crippen LogP contribution in [0.2, 0.25) is 0 Å². The summed E-state index contributed by atoms with van der Waals surface area (Å²) in [5.41, 5.74) is 8.14. The number of aromatic nitrogens is 5. The Bertz CT molecular complexity index is 3140. The van der Waals surface area contributed by atoms with E-state index < -0.39 is 0 Å². The van der Waals surface area contributed by atoms with Crippen LogP contribution in [0.1, 0.15) is 0 Å². The van der Waals surface area contributed by atoms with E-state index in [0.29, 0.717) is 11.5 Å². The second-order valence-electron chi connectivity index (χ2n) is 12.5. The molecule has 242 valence electrons. The number of fused-ring (bicyclic) bond motifs is 13. The van der Waals surface area contributed by atoms with Gasteiger partial charge in [-0.2, -0.15) is 6.07 Å². The number of imidazole rings is 1. The van der Waals surface area contributed by atoms with Gasteiger partial charge in [-0.05, 0) is 47.9 Å². The number of nitrogens with zero attached hydrogens (tertiary/aromatic N) is 5. The molecule has 0 bridgehead atoms. The van der Waals surface area contributed by atoms with Crippen molar-refractivity contribution in [1.82, 2.24) is 23.5 Å². The molecule has 0 aliphatic carbocycles. The molecule has 5 aromatic heterocycles. The van der Waals surface area contributed by atoms with Gasteiger partial charge in [0.1, 0.15) is 5.65 Å². The van der Waals surface area contributed by atoms with E-state index in [-0.39, 0.29) is 20.4 Å². The minimum absolute atomic E-state index is 0. The second kappa shape index (κ2) is 11.4. The quantitative estimate of drug-likeness (QED) is 0.102. The number of pyridine rings is 2. The fourth-order valence-corrected chi connectivity index (χ4v) is 7.75. The van der Waals surface area contributed by atoms with Gasteiger partial charge in [0, 0.05) is 62.8 Å². The van der Waals surface area contributed by atoms with Crippen LogP contribution in [0.3, 0.4) is 0 Å². The normalized spacial score (nSPS) is 11.8. The summed E-state index contributed by atoms with van der Waals surface area (Å²) in [5, 5.41) is 7.77. The molecule has 6 nitrogen and oxygen atoms in total. The Kier molecular flexibility index (Phi) is 6.62. The maximum atomic E-state index is 6.49. The molecule has 0 saturated carbocycles. The van der Waals surface area contributed by atoms with Gasteiger partial charge in [-0.1, -0.05) is 83.2 Å². The van der Waals surface area contributed by atoms with Crippen LogP contribution in [0.25, 0.3) is 82.4 Å². The fourth-order valence-electron chi connectivity index (χ4n) is 7.75. The fraction of sp³-hybridized carbons (Fsp3) is 0. The van der Waals surface area contributed by atoms with Crippen LogP contribution >= 0.6 is 0 Å². The van der Waals surface area contributed by atoms with Gasteiger partial charge in [0.25, 0.3) is 0 Å². The Hall–Kier alpha value is -6.26. The third-order valence-corrected chi connectivity index (χ3v) is 9.79. The second-order valence-corrected chi connectivity index (χ2v) is 12.5. The summed E-state index contributed by atoms with van der Waals surface area (Å²) in [6.45, 7) is 0. The molecule has 0 saturated heterocycles. The number of hydrogen-bond donors (Lipinski definition) is 0. The first kappa shape index (κ1) is 29.6. The summed E-state index contributed by atoms with van der Waals surface area (Å²) >= 11 is 0. The standard InChI is InChI=1S/C44H25N5O.Pd/c1-2-10-28(11-3-1)48-39-18-7-5-15-34(39)35-21-22-40-41(42(35)48)36-16-9-23-45-44(36)49(40)29-12-8-13-30(26-29)50-31-19-20-32-33-14-4-6-17-38(33)47-25-24-46-43(47)37(32)27-31;/h1-25H;/q-2;+2. The Morgan fingerprint density at radius 2 is 1.22 bits per heavy atom. The number of benzene rings is 6. The minimum atomic E-state index is 0. The molecule has 0 N–H and O–H groups in total. The van der Waals surface area contributed by atoms with Crippen molar-refractivity contribution in [3.05, 3.63) is 164 Å². The molecular weight excluding hydrogens is 721 g/mol. The molecule has 0 spiro atoms. The van der Waals surface area contributed by atoms with Gasteiger partial charge in [0.05, 0.1) is 22.2 Å². The molecule has 0 unspecified atom stereocenters. The Labute approximate surface area is 305 Å². The molecule has 0 aliphatic heterocycles. The average Bonchev–Trinajstić information content (AvgIpc) is 3.89. The molecule has 0 fully saturated rings. The minimum Gasteiger partial charge on any atom is -0.503 e. The van der Waals surface area contributed by atoms with E-state index in [1.165, 1.54) is 16.3 Å². The third kappa shape index (κ3) is 4.33. The number of ether oxygens (including phenoxy) is 1. The molecular formula is C44H25N5OPd. The Balaban J connectivity index is 0.00000327. The van der Waals surface area contributed by atoms with Gasteiger partial charge in [-0.25, -0.2) is 4.98 Å². The van der Waals surface area contributed by atoms with Crippen molar-refractivity contribution in [3.63, 3.8) is 0 Å². The van der Waals surface area contributed by atoms with Gasteiger partial charge in [-0.15, -0.1) is 30.3 Å². The van der Waals surface area contributed by atoms with Crippen LogP contribution < -0.4 is 4.74 Å². The first-order valence-electron chi connectivity index (χ1n) is 16.6. The molecule has 0 atom stereocenters. The van der Waals surface area contributed by atoms with Gasteiger partial charge in [0.15, 0.2) is 0 Å². The summed E-state index contributed by atoms with van der Waals surface area (Å²) in [6.07, 6.45) is 5.67. The first-order chi connectivity index (χ1) is 24.8. The van der Waals surface area contributed by atoms with Crippen LogP contribution in [0.5, 0.6) is 11.5 Å². The Morgan fingerprint density at radius 1 is 0.490 bits per heavy atom.